The second-order valence-electron chi connectivity index (χ2n) is 6.74. The van der Waals surface area contributed by atoms with Crippen molar-refractivity contribution in [3.63, 3.8) is 0 Å². The Morgan fingerprint density at radius 3 is 2.67 bits per heavy atom. The number of carbonyl (C=O) groups excluding carboxylic acids is 1. The molecule has 24 heavy (non-hydrogen) atoms. The zero-order valence-electron chi connectivity index (χ0n) is 14.5. The lowest BCUT2D eigenvalue weighted by atomic mass is 9.86. The third kappa shape index (κ3) is 3.99. The molecule has 4 heteroatoms. The van der Waals surface area contributed by atoms with Gasteiger partial charge in [0.1, 0.15) is 5.75 Å². The fourth-order valence-corrected chi connectivity index (χ4v) is 3.44. The van der Waals surface area contributed by atoms with E-state index in [-0.39, 0.29) is 6.03 Å². The molecule has 0 aromatic heterocycles. The van der Waals surface area contributed by atoms with E-state index in [4.69, 9.17) is 4.74 Å². The van der Waals surface area contributed by atoms with Gasteiger partial charge >= 0.3 is 6.03 Å². The van der Waals surface area contributed by atoms with Crippen molar-refractivity contribution < 1.29 is 9.53 Å². The van der Waals surface area contributed by atoms with E-state index in [0.29, 0.717) is 18.5 Å². The molecule has 2 N–H and O–H groups in total. The smallest absolute Gasteiger partial charge is 0.315 e. The first kappa shape index (κ1) is 16.6. The van der Waals surface area contributed by atoms with Gasteiger partial charge in [-0.3, -0.25) is 0 Å². The van der Waals surface area contributed by atoms with Crippen LogP contribution in [0, 0.1) is 5.92 Å². The van der Waals surface area contributed by atoms with Crippen molar-refractivity contribution >= 4 is 16.8 Å². The average Bonchev–Trinajstić information content (AvgIpc) is 2.61. The highest BCUT2D eigenvalue weighted by Gasteiger charge is 2.22. The van der Waals surface area contributed by atoms with E-state index in [0.717, 1.165) is 28.5 Å². The largest absolute Gasteiger partial charge is 0.497 e. The maximum Gasteiger partial charge on any atom is 0.315 e. The quantitative estimate of drug-likeness (QED) is 0.883. The van der Waals surface area contributed by atoms with Crippen molar-refractivity contribution in [3.8, 4) is 5.75 Å². The van der Waals surface area contributed by atoms with Crippen LogP contribution in [0.2, 0.25) is 0 Å². The molecular formula is C20H26N2O2. The Morgan fingerprint density at radius 2 is 1.88 bits per heavy atom. The van der Waals surface area contributed by atoms with E-state index < -0.39 is 0 Å². The van der Waals surface area contributed by atoms with Crippen LogP contribution in [-0.2, 0) is 6.54 Å². The Labute approximate surface area is 143 Å². The normalized spacial score (nSPS) is 20.6. The molecule has 2 aromatic carbocycles. The van der Waals surface area contributed by atoms with Crippen molar-refractivity contribution in [2.75, 3.05) is 7.11 Å². The van der Waals surface area contributed by atoms with Gasteiger partial charge in [0.25, 0.3) is 0 Å². The van der Waals surface area contributed by atoms with E-state index >= 15 is 0 Å². The number of benzene rings is 2. The van der Waals surface area contributed by atoms with Gasteiger partial charge in [0.05, 0.1) is 7.11 Å². The van der Waals surface area contributed by atoms with Gasteiger partial charge in [-0.05, 0) is 53.3 Å². The highest BCUT2D eigenvalue weighted by molar-refractivity contribution is 5.84. The molecule has 1 aliphatic carbocycles. The number of hydrogen-bond donors (Lipinski definition) is 2. The van der Waals surface area contributed by atoms with Crippen LogP contribution >= 0.6 is 0 Å². The molecule has 0 aliphatic heterocycles. The summed E-state index contributed by atoms with van der Waals surface area (Å²) in [5.74, 6) is 1.43. The molecule has 0 saturated heterocycles. The molecule has 128 valence electrons. The molecular weight excluding hydrogens is 300 g/mol. The van der Waals surface area contributed by atoms with Crippen LogP contribution in [0.3, 0.4) is 0 Å². The van der Waals surface area contributed by atoms with Crippen molar-refractivity contribution in [3.05, 3.63) is 42.0 Å². The maximum atomic E-state index is 12.1. The molecule has 2 atom stereocenters. The van der Waals surface area contributed by atoms with Gasteiger partial charge < -0.3 is 15.4 Å². The lowest BCUT2D eigenvalue weighted by molar-refractivity contribution is 0.221. The summed E-state index contributed by atoms with van der Waals surface area (Å²) in [5, 5.41) is 8.39. The van der Waals surface area contributed by atoms with Crippen molar-refractivity contribution in [1.29, 1.82) is 0 Å². The molecule has 4 nitrogen and oxygen atoms in total. The third-order valence-corrected chi connectivity index (χ3v) is 4.99. The number of carbonyl (C=O) groups is 1. The summed E-state index contributed by atoms with van der Waals surface area (Å²) in [6, 6.07) is 12.5. The van der Waals surface area contributed by atoms with Crippen molar-refractivity contribution in [1.82, 2.24) is 10.6 Å². The fraction of sp³-hybridized carbons (Fsp3) is 0.450. The summed E-state index contributed by atoms with van der Waals surface area (Å²) < 4.78 is 5.25. The second kappa shape index (κ2) is 7.56. The van der Waals surface area contributed by atoms with Crippen LogP contribution < -0.4 is 15.4 Å². The summed E-state index contributed by atoms with van der Waals surface area (Å²) in [7, 11) is 1.67. The van der Waals surface area contributed by atoms with Gasteiger partial charge in [0.2, 0.25) is 0 Å². The number of nitrogens with one attached hydrogen (secondary N) is 2. The molecule has 0 heterocycles. The van der Waals surface area contributed by atoms with Gasteiger partial charge in [0.15, 0.2) is 0 Å². The van der Waals surface area contributed by atoms with Crippen LogP contribution in [0.5, 0.6) is 5.75 Å². The highest BCUT2D eigenvalue weighted by Crippen LogP contribution is 2.24. The predicted octanol–water partition coefficient (Wildman–Crippen LogP) is 4.23. The molecule has 3 rings (SSSR count). The Balaban J connectivity index is 1.57. The molecule has 0 unspecified atom stereocenters. The Hall–Kier alpha value is -2.23. The lowest BCUT2D eigenvalue weighted by Crippen LogP contribution is -2.45. The first-order chi connectivity index (χ1) is 11.7. The van der Waals surface area contributed by atoms with Crippen LogP contribution in [0.15, 0.2) is 36.4 Å². The summed E-state index contributed by atoms with van der Waals surface area (Å²) in [5.41, 5.74) is 1.10. The van der Waals surface area contributed by atoms with Gasteiger partial charge in [-0.1, -0.05) is 38.0 Å². The van der Waals surface area contributed by atoms with Crippen LogP contribution in [0.25, 0.3) is 10.8 Å². The number of fused-ring (bicyclic) bond motifs is 1. The standard InChI is InChI=1S/C20H26N2O2/c1-14-5-3-4-6-19(14)22-20(23)21-13-15-7-8-17-12-18(24-2)10-9-16(17)11-15/h7-12,14,19H,3-6,13H2,1-2H3,(H2,21,22,23)/t14-,19-/m0/s1. The number of rotatable bonds is 4. The van der Waals surface area contributed by atoms with Crippen molar-refractivity contribution in [2.24, 2.45) is 5.92 Å². The molecule has 2 amide bonds. The molecule has 1 saturated carbocycles. The number of amides is 2. The minimum atomic E-state index is -0.0661. The Morgan fingerprint density at radius 1 is 1.12 bits per heavy atom. The maximum absolute atomic E-state index is 12.1. The van der Waals surface area contributed by atoms with E-state index in [1.54, 1.807) is 7.11 Å². The first-order valence-electron chi connectivity index (χ1n) is 8.77. The van der Waals surface area contributed by atoms with E-state index in [1.807, 2.05) is 24.3 Å². The zero-order chi connectivity index (χ0) is 16.9. The van der Waals surface area contributed by atoms with Gasteiger partial charge in [-0.2, -0.15) is 0 Å². The van der Waals surface area contributed by atoms with Gasteiger partial charge in [0, 0.05) is 12.6 Å². The molecule has 1 fully saturated rings. The van der Waals surface area contributed by atoms with E-state index in [2.05, 4.69) is 29.7 Å². The van der Waals surface area contributed by atoms with E-state index in [9.17, 15) is 4.79 Å². The number of methoxy groups -OCH3 is 1. The molecule has 0 radical (unpaired) electrons. The molecule has 1 aliphatic rings. The summed E-state index contributed by atoms with van der Waals surface area (Å²) in [6.45, 7) is 2.76. The molecule has 0 bridgehead atoms. The Bertz CT molecular complexity index is 714. The Kier molecular flexibility index (Phi) is 5.24. The highest BCUT2D eigenvalue weighted by atomic mass is 16.5. The van der Waals surface area contributed by atoms with Crippen molar-refractivity contribution in [2.45, 2.75) is 45.2 Å². The number of ether oxygens (including phenoxy) is 1. The second-order valence-corrected chi connectivity index (χ2v) is 6.74. The summed E-state index contributed by atoms with van der Waals surface area (Å²) in [4.78, 5) is 12.1. The third-order valence-electron chi connectivity index (χ3n) is 4.99. The first-order valence-corrected chi connectivity index (χ1v) is 8.77. The predicted molar refractivity (Wildman–Crippen MR) is 97.3 cm³/mol. The van der Waals surface area contributed by atoms with Gasteiger partial charge in [-0.15, -0.1) is 0 Å². The molecule has 0 spiro atoms. The van der Waals surface area contributed by atoms with E-state index in [1.165, 1.54) is 19.3 Å². The zero-order valence-corrected chi connectivity index (χ0v) is 14.5. The minimum Gasteiger partial charge on any atom is -0.497 e. The lowest BCUT2D eigenvalue weighted by Gasteiger charge is -2.29. The SMILES string of the molecule is COc1ccc2cc(CNC(=O)N[C@H]3CCCC[C@@H]3C)ccc2c1. The number of hydrogen-bond acceptors (Lipinski definition) is 2. The summed E-state index contributed by atoms with van der Waals surface area (Å²) in [6.07, 6.45) is 4.79. The van der Waals surface area contributed by atoms with Crippen LogP contribution in [-0.4, -0.2) is 19.2 Å². The number of urea groups is 1. The summed E-state index contributed by atoms with van der Waals surface area (Å²) >= 11 is 0. The van der Waals surface area contributed by atoms with Crippen LogP contribution in [0.4, 0.5) is 4.79 Å². The van der Waals surface area contributed by atoms with Crippen LogP contribution in [0.1, 0.15) is 38.2 Å². The van der Waals surface area contributed by atoms with Gasteiger partial charge in [-0.25, -0.2) is 4.79 Å². The fourth-order valence-electron chi connectivity index (χ4n) is 3.44. The minimum absolute atomic E-state index is 0.0661. The average molecular weight is 326 g/mol. The topological polar surface area (TPSA) is 50.4 Å². The molecule has 2 aromatic rings. The monoisotopic (exact) mass is 326 g/mol.